The normalized spacial score (nSPS) is 10.4. The molecule has 0 atom stereocenters. The molecule has 0 bridgehead atoms. The Morgan fingerprint density at radius 2 is 2.30 bits per heavy atom. The summed E-state index contributed by atoms with van der Waals surface area (Å²) in [6.07, 6.45) is -0.0894. The Balaban J connectivity index is 1.98. The monoisotopic (exact) mass is 310 g/mol. The van der Waals surface area contributed by atoms with E-state index in [0.29, 0.717) is 11.4 Å². The molecule has 2 aromatic rings. The summed E-state index contributed by atoms with van der Waals surface area (Å²) in [6.45, 7) is 0. The van der Waals surface area contributed by atoms with Gasteiger partial charge in [-0.2, -0.15) is 0 Å². The molecule has 1 aromatic carbocycles. The Bertz CT molecular complexity index is 642. The van der Waals surface area contributed by atoms with Crippen LogP contribution in [0.15, 0.2) is 34.0 Å². The number of non-ortho nitro benzene ring substituents is 1. The van der Waals surface area contributed by atoms with Crippen LogP contribution >= 0.6 is 23.1 Å². The van der Waals surface area contributed by atoms with Crippen LogP contribution in [0.2, 0.25) is 0 Å². The van der Waals surface area contributed by atoms with Crippen LogP contribution in [-0.4, -0.2) is 21.0 Å². The van der Waals surface area contributed by atoms with E-state index in [9.17, 15) is 14.9 Å². The third-order valence-corrected chi connectivity index (χ3v) is 4.49. The van der Waals surface area contributed by atoms with Gasteiger partial charge in [-0.1, -0.05) is 23.9 Å². The maximum Gasteiger partial charge on any atom is 0.309 e. The Morgan fingerprint density at radius 1 is 1.50 bits per heavy atom. The average molecular weight is 310 g/mol. The summed E-state index contributed by atoms with van der Waals surface area (Å²) >= 11 is 2.81. The Morgan fingerprint density at radius 3 is 3.00 bits per heavy atom. The minimum Gasteiger partial charge on any atom is -0.481 e. The summed E-state index contributed by atoms with van der Waals surface area (Å²) < 4.78 is 0.757. The first kappa shape index (κ1) is 14.5. The highest BCUT2D eigenvalue weighted by atomic mass is 32.2. The topological polar surface area (TPSA) is 93.3 Å². The molecule has 2 rings (SSSR count). The molecule has 0 saturated heterocycles. The summed E-state index contributed by atoms with van der Waals surface area (Å²) in [5, 5.41) is 21.0. The number of nitrogens with zero attached hydrogens (tertiary/aromatic N) is 2. The number of hydrogen-bond acceptors (Lipinski definition) is 6. The molecule has 1 N–H and O–H groups in total. The quantitative estimate of drug-likeness (QED) is 0.501. The van der Waals surface area contributed by atoms with Crippen LogP contribution < -0.4 is 0 Å². The molecular formula is C12H10N2O4S2. The third-order valence-electron chi connectivity index (χ3n) is 2.35. The highest BCUT2D eigenvalue weighted by Gasteiger charge is 2.09. The van der Waals surface area contributed by atoms with Crippen molar-refractivity contribution in [2.45, 2.75) is 16.5 Å². The smallest absolute Gasteiger partial charge is 0.309 e. The van der Waals surface area contributed by atoms with Gasteiger partial charge < -0.3 is 5.11 Å². The standard InChI is InChI=1S/C12H10N2O4S2/c15-11(16)5-9-7-20-12(13-9)19-6-8-2-1-3-10(4-8)14(17)18/h1-4,7H,5-6H2,(H,15,16). The van der Waals surface area contributed by atoms with Gasteiger partial charge in [0.25, 0.3) is 5.69 Å². The van der Waals surface area contributed by atoms with Gasteiger partial charge in [-0.3, -0.25) is 14.9 Å². The molecule has 0 radical (unpaired) electrons. The zero-order valence-corrected chi connectivity index (χ0v) is 11.8. The number of aromatic nitrogens is 1. The number of benzene rings is 1. The number of aliphatic carboxylic acids is 1. The lowest BCUT2D eigenvalue weighted by atomic mass is 10.2. The van der Waals surface area contributed by atoms with Crippen molar-refractivity contribution in [3.63, 3.8) is 0 Å². The van der Waals surface area contributed by atoms with E-state index in [1.165, 1.54) is 35.2 Å². The van der Waals surface area contributed by atoms with Gasteiger partial charge in [-0.05, 0) is 5.56 Å². The fourth-order valence-electron chi connectivity index (χ4n) is 1.50. The maximum absolute atomic E-state index is 10.7. The molecular weight excluding hydrogens is 300 g/mol. The van der Waals surface area contributed by atoms with Crippen molar-refractivity contribution in [2.24, 2.45) is 0 Å². The second kappa shape index (κ2) is 6.49. The molecule has 0 amide bonds. The molecule has 0 fully saturated rings. The van der Waals surface area contributed by atoms with E-state index in [1.54, 1.807) is 11.4 Å². The number of carbonyl (C=O) groups is 1. The van der Waals surface area contributed by atoms with Crippen LogP contribution in [0.1, 0.15) is 11.3 Å². The minimum absolute atomic E-state index is 0.0637. The van der Waals surface area contributed by atoms with E-state index >= 15 is 0 Å². The molecule has 0 saturated carbocycles. The minimum atomic E-state index is -0.912. The van der Waals surface area contributed by atoms with Gasteiger partial charge in [0.05, 0.1) is 17.0 Å². The first-order valence-electron chi connectivity index (χ1n) is 5.57. The van der Waals surface area contributed by atoms with Gasteiger partial charge in [-0.15, -0.1) is 11.3 Å². The number of nitro groups is 1. The predicted octanol–water partition coefficient (Wildman–Crippen LogP) is 2.97. The maximum atomic E-state index is 10.7. The number of thiazole rings is 1. The largest absolute Gasteiger partial charge is 0.481 e. The summed E-state index contributed by atoms with van der Waals surface area (Å²) in [6, 6.07) is 6.43. The number of rotatable bonds is 6. The van der Waals surface area contributed by atoms with E-state index in [1.807, 2.05) is 6.07 Å². The first-order chi connectivity index (χ1) is 9.54. The van der Waals surface area contributed by atoms with Gasteiger partial charge in [0.15, 0.2) is 0 Å². The van der Waals surface area contributed by atoms with Gasteiger partial charge in [0, 0.05) is 23.3 Å². The van der Waals surface area contributed by atoms with Gasteiger partial charge >= 0.3 is 5.97 Å². The fraction of sp³-hybridized carbons (Fsp3) is 0.167. The van der Waals surface area contributed by atoms with Crippen LogP contribution in [0.25, 0.3) is 0 Å². The zero-order chi connectivity index (χ0) is 14.5. The number of nitro benzene ring substituents is 1. The van der Waals surface area contributed by atoms with Crippen molar-refractivity contribution in [3.8, 4) is 0 Å². The van der Waals surface area contributed by atoms with Crippen molar-refractivity contribution in [3.05, 3.63) is 51.0 Å². The lowest BCUT2D eigenvalue weighted by Gasteiger charge is -1.99. The van der Waals surface area contributed by atoms with Crippen molar-refractivity contribution in [1.82, 2.24) is 4.98 Å². The first-order valence-corrected chi connectivity index (χ1v) is 7.43. The van der Waals surface area contributed by atoms with Gasteiger partial charge in [0.1, 0.15) is 4.34 Å². The highest BCUT2D eigenvalue weighted by Crippen LogP contribution is 2.27. The molecule has 1 heterocycles. The van der Waals surface area contributed by atoms with Crippen LogP contribution in [0, 0.1) is 10.1 Å². The molecule has 104 valence electrons. The lowest BCUT2D eigenvalue weighted by Crippen LogP contribution is -1.99. The summed E-state index contributed by atoms with van der Waals surface area (Å²) in [5.41, 5.74) is 1.43. The van der Waals surface area contributed by atoms with E-state index in [2.05, 4.69) is 4.98 Å². The number of carboxylic acid groups (broad SMARTS) is 1. The van der Waals surface area contributed by atoms with Crippen molar-refractivity contribution in [1.29, 1.82) is 0 Å². The zero-order valence-electron chi connectivity index (χ0n) is 10.2. The summed E-state index contributed by atoms with van der Waals surface area (Å²) in [4.78, 5) is 25.0. The predicted molar refractivity (Wildman–Crippen MR) is 76.1 cm³/mol. The molecule has 1 aromatic heterocycles. The molecule has 20 heavy (non-hydrogen) atoms. The molecule has 6 nitrogen and oxygen atoms in total. The molecule has 0 aliphatic carbocycles. The molecule has 8 heteroatoms. The molecule has 0 aliphatic heterocycles. The van der Waals surface area contributed by atoms with E-state index in [0.717, 1.165) is 9.90 Å². The van der Waals surface area contributed by atoms with Crippen molar-refractivity contribution >= 4 is 34.8 Å². The van der Waals surface area contributed by atoms with Gasteiger partial charge in [-0.25, -0.2) is 4.98 Å². The Hall–Kier alpha value is -1.93. The Kier molecular flexibility index (Phi) is 4.70. The second-order valence-electron chi connectivity index (χ2n) is 3.89. The van der Waals surface area contributed by atoms with Crippen molar-refractivity contribution in [2.75, 3.05) is 0 Å². The lowest BCUT2D eigenvalue weighted by molar-refractivity contribution is -0.384. The van der Waals surface area contributed by atoms with E-state index < -0.39 is 10.9 Å². The Labute approximate surface area is 122 Å². The number of thioether (sulfide) groups is 1. The average Bonchev–Trinajstić information content (AvgIpc) is 2.83. The van der Waals surface area contributed by atoms with Crippen LogP contribution in [0.4, 0.5) is 5.69 Å². The second-order valence-corrected chi connectivity index (χ2v) is 5.97. The summed E-state index contributed by atoms with van der Waals surface area (Å²) in [7, 11) is 0. The van der Waals surface area contributed by atoms with Crippen molar-refractivity contribution < 1.29 is 14.8 Å². The molecule has 0 spiro atoms. The van der Waals surface area contributed by atoms with Crippen LogP contribution in [-0.2, 0) is 17.0 Å². The van der Waals surface area contributed by atoms with Crippen LogP contribution in [0.5, 0.6) is 0 Å². The SMILES string of the molecule is O=C(O)Cc1csc(SCc2cccc([N+](=O)[O-])c2)n1. The summed E-state index contributed by atoms with van der Waals surface area (Å²) in [5.74, 6) is -0.354. The van der Waals surface area contributed by atoms with E-state index in [4.69, 9.17) is 5.11 Å². The van der Waals surface area contributed by atoms with Gasteiger partial charge in [0.2, 0.25) is 0 Å². The fourth-order valence-corrected chi connectivity index (χ4v) is 3.28. The molecule has 0 aliphatic rings. The van der Waals surface area contributed by atoms with E-state index in [-0.39, 0.29) is 12.1 Å². The number of hydrogen-bond donors (Lipinski definition) is 1. The third kappa shape index (κ3) is 4.04. The molecule has 0 unspecified atom stereocenters. The van der Waals surface area contributed by atoms with Crippen LogP contribution in [0.3, 0.4) is 0 Å². The number of carboxylic acids is 1. The highest BCUT2D eigenvalue weighted by molar-refractivity contribution is 8.00.